The topological polar surface area (TPSA) is 88.3 Å². The molecule has 7 nitrogen and oxygen atoms in total. The maximum Gasteiger partial charge on any atom is 0.324 e. The Labute approximate surface area is 79.1 Å². The van der Waals surface area contributed by atoms with Gasteiger partial charge in [-0.2, -0.15) is 4.98 Å². The highest BCUT2D eigenvalue weighted by molar-refractivity contribution is 6.01. The first-order chi connectivity index (χ1) is 6.75. The van der Waals surface area contributed by atoms with E-state index >= 15 is 0 Å². The van der Waals surface area contributed by atoms with Crippen LogP contribution >= 0.6 is 0 Å². The van der Waals surface area contributed by atoms with Crippen molar-refractivity contribution in [1.29, 1.82) is 0 Å². The van der Waals surface area contributed by atoms with E-state index in [-0.39, 0.29) is 18.5 Å². The zero-order valence-corrected chi connectivity index (χ0v) is 7.27. The molecule has 0 aromatic carbocycles. The Hall–Kier alpha value is -1.92. The van der Waals surface area contributed by atoms with Crippen molar-refractivity contribution in [2.24, 2.45) is 0 Å². The van der Waals surface area contributed by atoms with Gasteiger partial charge < -0.3 is 9.42 Å². The molecule has 0 saturated carbocycles. The number of amides is 3. The van der Waals surface area contributed by atoms with Gasteiger partial charge in [0, 0.05) is 13.0 Å². The summed E-state index contributed by atoms with van der Waals surface area (Å²) in [5.41, 5.74) is 0. The lowest BCUT2D eigenvalue weighted by Gasteiger charge is -2.10. The summed E-state index contributed by atoms with van der Waals surface area (Å²) in [7, 11) is 0. The van der Waals surface area contributed by atoms with Crippen LogP contribution in [0.2, 0.25) is 0 Å². The van der Waals surface area contributed by atoms with E-state index < -0.39 is 0 Å². The van der Waals surface area contributed by atoms with E-state index in [4.69, 9.17) is 0 Å². The van der Waals surface area contributed by atoms with Gasteiger partial charge in [0.1, 0.15) is 6.54 Å². The zero-order chi connectivity index (χ0) is 9.97. The summed E-state index contributed by atoms with van der Waals surface area (Å²) in [5.74, 6) is 0.250. The Balaban J connectivity index is 1.87. The maximum absolute atomic E-state index is 11.1. The summed E-state index contributed by atoms with van der Waals surface area (Å²) in [6.07, 6.45) is 1.71. The molecule has 1 aromatic heterocycles. The van der Waals surface area contributed by atoms with Gasteiger partial charge in [0.05, 0.1) is 0 Å². The summed E-state index contributed by atoms with van der Waals surface area (Å²) < 4.78 is 4.53. The van der Waals surface area contributed by atoms with Crippen LogP contribution in [0.1, 0.15) is 5.82 Å². The molecule has 1 saturated heterocycles. The quantitative estimate of drug-likeness (QED) is 0.637. The zero-order valence-electron chi connectivity index (χ0n) is 7.27. The van der Waals surface area contributed by atoms with E-state index in [9.17, 15) is 9.59 Å². The van der Waals surface area contributed by atoms with Gasteiger partial charge in [-0.25, -0.2) is 4.79 Å². The van der Waals surface area contributed by atoms with Gasteiger partial charge in [0.2, 0.25) is 12.3 Å². The number of nitrogens with zero attached hydrogens (tertiary/aromatic N) is 3. The van der Waals surface area contributed by atoms with Gasteiger partial charge >= 0.3 is 6.03 Å². The number of hydrogen-bond acceptors (Lipinski definition) is 5. The van der Waals surface area contributed by atoms with Crippen molar-refractivity contribution in [2.75, 3.05) is 13.1 Å². The standard InChI is InChI=1S/C7H8N4O3/c12-6-3-11(7(13)9-6)2-1-5-8-4-14-10-5/h4H,1-3H2,(H,9,12,13). The van der Waals surface area contributed by atoms with Crippen molar-refractivity contribution in [2.45, 2.75) is 6.42 Å². The van der Waals surface area contributed by atoms with Crippen molar-refractivity contribution in [1.82, 2.24) is 20.4 Å². The van der Waals surface area contributed by atoms with E-state index in [1.54, 1.807) is 0 Å². The second-order valence-corrected chi connectivity index (χ2v) is 2.87. The fourth-order valence-electron chi connectivity index (χ4n) is 1.20. The van der Waals surface area contributed by atoms with Crippen LogP contribution in [-0.2, 0) is 11.2 Å². The molecule has 0 bridgehead atoms. The summed E-state index contributed by atoms with van der Waals surface area (Å²) in [5, 5.41) is 5.77. The summed E-state index contributed by atoms with van der Waals surface area (Å²) in [4.78, 5) is 27.1. The molecule has 3 amide bonds. The predicted octanol–water partition coefficient (Wildman–Crippen LogP) is -0.836. The SMILES string of the molecule is O=C1CN(CCc2ncon2)C(=O)N1. The average Bonchev–Trinajstić information content (AvgIpc) is 2.72. The van der Waals surface area contributed by atoms with Gasteiger partial charge in [-0.05, 0) is 0 Å². The molecule has 1 aliphatic rings. The Morgan fingerprint density at radius 3 is 3.00 bits per heavy atom. The number of carbonyl (C=O) groups excluding carboxylic acids is 2. The van der Waals surface area contributed by atoms with Crippen LogP contribution < -0.4 is 5.32 Å². The molecule has 0 aliphatic carbocycles. The highest BCUT2D eigenvalue weighted by Crippen LogP contribution is 2.00. The van der Waals surface area contributed by atoms with E-state index in [1.807, 2.05) is 0 Å². The highest BCUT2D eigenvalue weighted by atomic mass is 16.5. The normalized spacial score (nSPS) is 16.1. The second-order valence-electron chi connectivity index (χ2n) is 2.87. The van der Waals surface area contributed by atoms with Crippen LogP contribution in [0.15, 0.2) is 10.9 Å². The number of carbonyl (C=O) groups is 2. The minimum atomic E-state index is -0.363. The average molecular weight is 196 g/mol. The first-order valence-corrected chi connectivity index (χ1v) is 4.10. The van der Waals surface area contributed by atoms with Gasteiger partial charge in [-0.3, -0.25) is 10.1 Å². The molecule has 2 rings (SSSR count). The van der Waals surface area contributed by atoms with Crippen LogP contribution in [-0.4, -0.2) is 40.1 Å². The van der Waals surface area contributed by atoms with Gasteiger partial charge in [-0.15, -0.1) is 0 Å². The smallest absolute Gasteiger partial charge is 0.324 e. The Bertz CT molecular complexity index is 348. The molecule has 0 radical (unpaired) electrons. The Morgan fingerprint density at radius 1 is 1.57 bits per heavy atom. The molecule has 7 heteroatoms. The molecule has 1 aromatic rings. The van der Waals surface area contributed by atoms with E-state index in [1.165, 1.54) is 11.3 Å². The number of hydrogen-bond donors (Lipinski definition) is 1. The molecule has 1 aliphatic heterocycles. The van der Waals surface area contributed by atoms with Crippen molar-refractivity contribution < 1.29 is 14.1 Å². The van der Waals surface area contributed by atoms with Crippen LogP contribution in [0.3, 0.4) is 0 Å². The Kier molecular flexibility index (Phi) is 2.13. The third-order valence-corrected chi connectivity index (χ3v) is 1.88. The Morgan fingerprint density at radius 2 is 2.43 bits per heavy atom. The number of rotatable bonds is 3. The lowest BCUT2D eigenvalue weighted by Crippen LogP contribution is -2.30. The van der Waals surface area contributed by atoms with Crippen molar-refractivity contribution in [3.63, 3.8) is 0 Å². The number of imide groups is 1. The molecule has 0 atom stereocenters. The molecular weight excluding hydrogens is 188 g/mol. The lowest BCUT2D eigenvalue weighted by atomic mass is 10.4. The van der Waals surface area contributed by atoms with Crippen LogP contribution in [0.4, 0.5) is 4.79 Å². The fraction of sp³-hybridized carbons (Fsp3) is 0.429. The first-order valence-electron chi connectivity index (χ1n) is 4.10. The summed E-state index contributed by atoms with van der Waals surface area (Å²) in [6, 6.07) is -0.363. The third-order valence-electron chi connectivity index (χ3n) is 1.88. The summed E-state index contributed by atoms with van der Waals surface area (Å²) in [6.45, 7) is 0.522. The minimum absolute atomic E-state index is 0.108. The number of aromatic nitrogens is 2. The molecule has 14 heavy (non-hydrogen) atoms. The van der Waals surface area contributed by atoms with Crippen molar-refractivity contribution >= 4 is 11.9 Å². The number of nitrogens with one attached hydrogen (secondary N) is 1. The minimum Gasteiger partial charge on any atom is -0.343 e. The fourth-order valence-corrected chi connectivity index (χ4v) is 1.20. The predicted molar refractivity (Wildman–Crippen MR) is 43.1 cm³/mol. The summed E-state index contributed by atoms with van der Waals surface area (Å²) >= 11 is 0. The molecule has 1 N–H and O–H groups in total. The van der Waals surface area contributed by atoms with Crippen LogP contribution in [0.25, 0.3) is 0 Å². The second kappa shape index (κ2) is 3.44. The molecule has 2 heterocycles. The molecule has 74 valence electrons. The first kappa shape index (κ1) is 8.67. The highest BCUT2D eigenvalue weighted by Gasteiger charge is 2.26. The van der Waals surface area contributed by atoms with Crippen molar-refractivity contribution in [3.8, 4) is 0 Å². The van der Waals surface area contributed by atoms with Gasteiger partial charge in [-0.1, -0.05) is 5.16 Å². The van der Waals surface area contributed by atoms with E-state index in [2.05, 4.69) is 20.0 Å². The largest absolute Gasteiger partial charge is 0.343 e. The molecule has 1 fully saturated rings. The van der Waals surface area contributed by atoms with Gasteiger partial charge in [0.15, 0.2) is 5.82 Å². The van der Waals surface area contributed by atoms with Crippen LogP contribution in [0.5, 0.6) is 0 Å². The van der Waals surface area contributed by atoms with E-state index in [0.29, 0.717) is 18.8 Å². The lowest BCUT2D eigenvalue weighted by molar-refractivity contribution is -0.118. The maximum atomic E-state index is 11.1. The monoisotopic (exact) mass is 196 g/mol. The molecule has 0 spiro atoms. The van der Waals surface area contributed by atoms with E-state index in [0.717, 1.165) is 0 Å². The molecular formula is C7H8N4O3. The van der Waals surface area contributed by atoms with Crippen LogP contribution in [0, 0.1) is 0 Å². The van der Waals surface area contributed by atoms with Gasteiger partial charge in [0.25, 0.3) is 0 Å². The van der Waals surface area contributed by atoms with Crippen molar-refractivity contribution in [3.05, 3.63) is 12.2 Å². The number of urea groups is 1. The molecule has 0 unspecified atom stereocenters. The third kappa shape index (κ3) is 1.70.